The second kappa shape index (κ2) is 5.21. The van der Waals surface area contributed by atoms with Gasteiger partial charge >= 0.3 is 0 Å². The fourth-order valence-electron chi connectivity index (χ4n) is 1.59. The van der Waals surface area contributed by atoms with Gasteiger partial charge in [-0.15, -0.1) is 0 Å². The molecule has 4 heteroatoms. The van der Waals surface area contributed by atoms with Gasteiger partial charge < -0.3 is 10.1 Å². The number of amides is 1. The summed E-state index contributed by atoms with van der Waals surface area (Å²) in [4.78, 5) is 22.9. The SMILES string of the molecule is CC(=O)c1cccc(OC(C)C(=O)NC2CC2)c1. The van der Waals surface area contributed by atoms with Crippen LogP contribution in [0.5, 0.6) is 5.75 Å². The van der Waals surface area contributed by atoms with Crippen LogP contribution in [0.25, 0.3) is 0 Å². The summed E-state index contributed by atoms with van der Waals surface area (Å²) in [6.07, 6.45) is 1.56. The van der Waals surface area contributed by atoms with E-state index in [2.05, 4.69) is 5.32 Å². The molecule has 1 saturated carbocycles. The van der Waals surface area contributed by atoms with Gasteiger partial charge in [-0.3, -0.25) is 9.59 Å². The van der Waals surface area contributed by atoms with Gasteiger partial charge in [-0.1, -0.05) is 12.1 Å². The molecule has 1 N–H and O–H groups in total. The van der Waals surface area contributed by atoms with Crippen molar-refractivity contribution in [3.8, 4) is 5.75 Å². The van der Waals surface area contributed by atoms with Crippen molar-refractivity contribution in [1.82, 2.24) is 5.32 Å². The second-order valence-electron chi connectivity index (χ2n) is 4.63. The summed E-state index contributed by atoms with van der Waals surface area (Å²) in [7, 11) is 0. The Bertz CT molecular complexity index is 466. The zero-order chi connectivity index (χ0) is 13.1. The monoisotopic (exact) mass is 247 g/mol. The Balaban J connectivity index is 1.96. The fraction of sp³-hybridized carbons (Fsp3) is 0.429. The van der Waals surface area contributed by atoms with E-state index in [0.717, 1.165) is 12.8 Å². The van der Waals surface area contributed by atoms with Crippen molar-refractivity contribution in [2.45, 2.75) is 38.8 Å². The van der Waals surface area contributed by atoms with Crippen LogP contribution in [0.15, 0.2) is 24.3 Å². The first-order valence-corrected chi connectivity index (χ1v) is 6.14. The molecule has 0 radical (unpaired) electrons. The van der Waals surface area contributed by atoms with Crippen LogP contribution in [-0.4, -0.2) is 23.8 Å². The van der Waals surface area contributed by atoms with E-state index in [9.17, 15) is 9.59 Å². The van der Waals surface area contributed by atoms with Crippen LogP contribution < -0.4 is 10.1 Å². The third-order valence-electron chi connectivity index (χ3n) is 2.85. The largest absolute Gasteiger partial charge is 0.481 e. The molecule has 4 nitrogen and oxygen atoms in total. The molecule has 1 aliphatic carbocycles. The van der Waals surface area contributed by atoms with Crippen molar-refractivity contribution >= 4 is 11.7 Å². The molecule has 1 aromatic rings. The smallest absolute Gasteiger partial charge is 0.260 e. The molecule has 1 amide bonds. The number of carbonyl (C=O) groups is 2. The first-order chi connectivity index (χ1) is 8.56. The van der Waals surface area contributed by atoms with Crippen LogP contribution in [0.4, 0.5) is 0 Å². The van der Waals surface area contributed by atoms with Crippen molar-refractivity contribution in [3.05, 3.63) is 29.8 Å². The van der Waals surface area contributed by atoms with Gasteiger partial charge in [0.15, 0.2) is 11.9 Å². The summed E-state index contributed by atoms with van der Waals surface area (Å²) < 4.78 is 5.53. The molecule has 0 saturated heterocycles. The molecule has 1 unspecified atom stereocenters. The molecule has 0 bridgehead atoms. The van der Waals surface area contributed by atoms with Gasteiger partial charge in [-0.05, 0) is 38.8 Å². The zero-order valence-corrected chi connectivity index (χ0v) is 10.6. The van der Waals surface area contributed by atoms with E-state index in [-0.39, 0.29) is 11.7 Å². The van der Waals surface area contributed by atoms with Gasteiger partial charge in [0.05, 0.1) is 0 Å². The molecule has 0 aromatic heterocycles. The lowest BCUT2D eigenvalue weighted by Gasteiger charge is -2.14. The van der Waals surface area contributed by atoms with E-state index in [0.29, 0.717) is 17.4 Å². The molecule has 96 valence electrons. The van der Waals surface area contributed by atoms with Crippen LogP contribution in [0, 0.1) is 0 Å². The second-order valence-corrected chi connectivity index (χ2v) is 4.63. The van der Waals surface area contributed by atoms with Crippen LogP contribution in [0.3, 0.4) is 0 Å². The molecular weight excluding hydrogens is 230 g/mol. The van der Waals surface area contributed by atoms with E-state index in [4.69, 9.17) is 4.74 Å². The number of carbonyl (C=O) groups excluding carboxylic acids is 2. The highest BCUT2D eigenvalue weighted by Gasteiger charge is 2.26. The summed E-state index contributed by atoms with van der Waals surface area (Å²) in [5, 5.41) is 2.88. The third kappa shape index (κ3) is 3.32. The van der Waals surface area contributed by atoms with E-state index in [1.807, 2.05) is 0 Å². The lowest BCUT2D eigenvalue weighted by molar-refractivity contribution is -0.127. The number of rotatable bonds is 5. The first-order valence-electron chi connectivity index (χ1n) is 6.14. The quantitative estimate of drug-likeness (QED) is 0.809. The van der Waals surface area contributed by atoms with E-state index in [1.165, 1.54) is 6.92 Å². The van der Waals surface area contributed by atoms with Crippen molar-refractivity contribution in [1.29, 1.82) is 0 Å². The zero-order valence-electron chi connectivity index (χ0n) is 10.6. The third-order valence-corrected chi connectivity index (χ3v) is 2.85. The number of hydrogen-bond acceptors (Lipinski definition) is 3. The van der Waals surface area contributed by atoms with Gasteiger partial charge in [0.25, 0.3) is 5.91 Å². The molecular formula is C14H17NO3. The fourth-order valence-corrected chi connectivity index (χ4v) is 1.59. The number of nitrogens with one attached hydrogen (secondary N) is 1. The number of hydrogen-bond donors (Lipinski definition) is 1. The summed E-state index contributed by atoms with van der Waals surface area (Å²) in [6, 6.07) is 7.20. The van der Waals surface area contributed by atoms with Crippen LogP contribution in [0.2, 0.25) is 0 Å². The maximum atomic E-state index is 11.7. The Labute approximate surface area is 106 Å². The average molecular weight is 247 g/mol. The summed E-state index contributed by atoms with van der Waals surface area (Å²) in [5.74, 6) is 0.419. The Morgan fingerprint density at radius 1 is 1.39 bits per heavy atom. The molecule has 1 aromatic carbocycles. The van der Waals surface area contributed by atoms with Gasteiger partial charge in [0, 0.05) is 11.6 Å². The average Bonchev–Trinajstić information content (AvgIpc) is 3.13. The standard InChI is InChI=1S/C14H17NO3/c1-9(16)11-4-3-5-13(8-11)18-10(2)14(17)15-12-6-7-12/h3-5,8,10,12H,6-7H2,1-2H3,(H,15,17). The van der Waals surface area contributed by atoms with Crippen molar-refractivity contribution < 1.29 is 14.3 Å². The molecule has 0 heterocycles. The molecule has 0 spiro atoms. The summed E-state index contributed by atoms with van der Waals surface area (Å²) in [5.41, 5.74) is 0.585. The van der Waals surface area contributed by atoms with Gasteiger partial charge in [-0.25, -0.2) is 0 Å². The van der Waals surface area contributed by atoms with Crippen LogP contribution in [0.1, 0.15) is 37.0 Å². The maximum absolute atomic E-state index is 11.7. The Hall–Kier alpha value is -1.84. The number of benzene rings is 1. The number of ether oxygens (including phenoxy) is 1. The minimum absolute atomic E-state index is 0.0180. The Morgan fingerprint density at radius 3 is 2.72 bits per heavy atom. The molecule has 0 aliphatic heterocycles. The predicted molar refractivity (Wildman–Crippen MR) is 67.7 cm³/mol. The minimum Gasteiger partial charge on any atom is -0.481 e. The Kier molecular flexibility index (Phi) is 3.65. The minimum atomic E-state index is -0.548. The Morgan fingerprint density at radius 2 is 2.11 bits per heavy atom. The number of Topliss-reactive ketones (excluding diaryl/α,β-unsaturated/α-hetero) is 1. The molecule has 1 atom stereocenters. The van der Waals surface area contributed by atoms with Crippen molar-refractivity contribution in [2.75, 3.05) is 0 Å². The first kappa shape index (κ1) is 12.6. The normalized spacial score (nSPS) is 15.9. The van der Waals surface area contributed by atoms with Crippen molar-refractivity contribution in [2.24, 2.45) is 0 Å². The summed E-state index contributed by atoms with van der Waals surface area (Å²) >= 11 is 0. The highest BCUT2D eigenvalue weighted by atomic mass is 16.5. The van der Waals surface area contributed by atoms with Crippen LogP contribution >= 0.6 is 0 Å². The molecule has 1 fully saturated rings. The highest BCUT2D eigenvalue weighted by molar-refractivity contribution is 5.94. The van der Waals surface area contributed by atoms with Crippen molar-refractivity contribution in [3.63, 3.8) is 0 Å². The highest BCUT2D eigenvalue weighted by Crippen LogP contribution is 2.20. The van der Waals surface area contributed by atoms with Gasteiger partial charge in [0.1, 0.15) is 5.75 Å². The van der Waals surface area contributed by atoms with E-state index >= 15 is 0 Å². The van der Waals surface area contributed by atoms with E-state index in [1.54, 1.807) is 31.2 Å². The van der Waals surface area contributed by atoms with E-state index < -0.39 is 6.10 Å². The van der Waals surface area contributed by atoms with Gasteiger partial charge in [-0.2, -0.15) is 0 Å². The number of ketones is 1. The molecule has 2 rings (SSSR count). The van der Waals surface area contributed by atoms with Crippen LogP contribution in [-0.2, 0) is 4.79 Å². The van der Waals surface area contributed by atoms with Gasteiger partial charge in [0.2, 0.25) is 0 Å². The topological polar surface area (TPSA) is 55.4 Å². The lowest BCUT2D eigenvalue weighted by atomic mass is 10.1. The molecule has 18 heavy (non-hydrogen) atoms. The maximum Gasteiger partial charge on any atom is 0.260 e. The predicted octanol–water partition coefficient (Wildman–Crippen LogP) is 1.94. The summed E-state index contributed by atoms with van der Waals surface area (Å²) in [6.45, 7) is 3.21. The molecule has 1 aliphatic rings. The lowest BCUT2D eigenvalue weighted by Crippen LogP contribution is -2.37.